The first-order valence-electron chi connectivity index (χ1n) is 5.42. The summed E-state index contributed by atoms with van der Waals surface area (Å²) in [5.74, 6) is 0.103. The number of rotatable bonds is 3. The summed E-state index contributed by atoms with van der Waals surface area (Å²) in [6.07, 6.45) is 4.68. The van der Waals surface area contributed by atoms with Gasteiger partial charge in [-0.15, -0.1) is 0 Å². The summed E-state index contributed by atoms with van der Waals surface area (Å²) in [5.41, 5.74) is 5.26. The van der Waals surface area contributed by atoms with Crippen LogP contribution in [0.25, 0.3) is 0 Å². The standard InChI is InChI=1S/C13H15FN2/c14-13(8-4-10-16-12(13)15)9-7-11-5-2-1-3-6-11/h1-6,10H,7-9H2,(H2,15,16). The lowest BCUT2D eigenvalue weighted by molar-refractivity contribution is 0.238. The fourth-order valence-corrected chi connectivity index (χ4v) is 1.81. The molecule has 0 spiro atoms. The number of hydrogen-bond acceptors (Lipinski definition) is 2. The Morgan fingerprint density at radius 2 is 2.06 bits per heavy atom. The molecular weight excluding hydrogens is 203 g/mol. The van der Waals surface area contributed by atoms with Gasteiger partial charge in [-0.2, -0.15) is 0 Å². The summed E-state index contributed by atoms with van der Waals surface area (Å²) >= 11 is 0. The molecule has 84 valence electrons. The molecule has 1 atom stereocenters. The lowest BCUT2D eigenvalue weighted by Crippen LogP contribution is -2.41. The Morgan fingerprint density at radius 1 is 1.31 bits per heavy atom. The molecule has 0 aliphatic carbocycles. The van der Waals surface area contributed by atoms with E-state index in [0.29, 0.717) is 19.3 Å². The molecule has 0 fully saturated rings. The van der Waals surface area contributed by atoms with Crippen molar-refractivity contribution in [3.8, 4) is 0 Å². The van der Waals surface area contributed by atoms with E-state index in [1.807, 2.05) is 30.3 Å². The van der Waals surface area contributed by atoms with Crippen molar-refractivity contribution in [1.82, 2.24) is 0 Å². The molecule has 16 heavy (non-hydrogen) atoms. The Labute approximate surface area is 94.7 Å². The summed E-state index contributed by atoms with van der Waals surface area (Å²) in [4.78, 5) is 3.83. The van der Waals surface area contributed by atoms with Crippen molar-refractivity contribution in [2.75, 3.05) is 0 Å². The Hall–Kier alpha value is -1.64. The van der Waals surface area contributed by atoms with Gasteiger partial charge >= 0.3 is 0 Å². The minimum atomic E-state index is -1.47. The Kier molecular flexibility index (Phi) is 3.04. The molecule has 0 bridgehead atoms. The highest BCUT2D eigenvalue weighted by Gasteiger charge is 2.34. The first-order valence-corrected chi connectivity index (χ1v) is 5.42. The van der Waals surface area contributed by atoms with Crippen molar-refractivity contribution in [3.05, 3.63) is 48.2 Å². The van der Waals surface area contributed by atoms with Crippen LogP contribution < -0.4 is 5.73 Å². The third kappa shape index (κ3) is 2.30. The van der Waals surface area contributed by atoms with Gasteiger partial charge in [0.05, 0.1) is 0 Å². The fourth-order valence-electron chi connectivity index (χ4n) is 1.81. The Bertz CT molecular complexity index is 411. The van der Waals surface area contributed by atoms with Crippen molar-refractivity contribution in [2.45, 2.75) is 24.9 Å². The maximum atomic E-state index is 14.3. The minimum Gasteiger partial charge on any atom is -0.384 e. The van der Waals surface area contributed by atoms with Crippen LogP contribution in [0.1, 0.15) is 18.4 Å². The molecule has 1 heterocycles. The maximum absolute atomic E-state index is 14.3. The molecule has 0 radical (unpaired) electrons. The molecule has 2 N–H and O–H groups in total. The van der Waals surface area contributed by atoms with Gasteiger partial charge in [-0.1, -0.05) is 36.4 Å². The van der Waals surface area contributed by atoms with Crippen LogP contribution in [0.15, 0.2) is 47.6 Å². The number of aliphatic imine (C=N–C) groups is 1. The molecule has 0 aromatic heterocycles. The van der Waals surface area contributed by atoms with Crippen LogP contribution in [-0.2, 0) is 6.42 Å². The highest BCUT2D eigenvalue weighted by atomic mass is 19.1. The number of amidine groups is 1. The van der Waals surface area contributed by atoms with Crippen LogP contribution in [0.4, 0.5) is 4.39 Å². The van der Waals surface area contributed by atoms with E-state index in [0.717, 1.165) is 5.56 Å². The van der Waals surface area contributed by atoms with Gasteiger partial charge in [0.2, 0.25) is 0 Å². The molecular formula is C13H15FN2. The zero-order chi connectivity index (χ0) is 11.4. The smallest absolute Gasteiger partial charge is 0.171 e. The highest BCUT2D eigenvalue weighted by Crippen LogP contribution is 2.26. The van der Waals surface area contributed by atoms with Gasteiger partial charge < -0.3 is 5.73 Å². The van der Waals surface area contributed by atoms with E-state index in [1.165, 1.54) is 0 Å². The van der Waals surface area contributed by atoms with Crippen molar-refractivity contribution in [2.24, 2.45) is 10.7 Å². The van der Waals surface area contributed by atoms with Crippen molar-refractivity contribution < 1.29 is 4.39 Å². The van der Waals surface area contributed by atoms with Gasteiger partial charge in [-0.05, 0) is 18.4 Å². The van der Waals surface area contributed by atoms with E-state index in [1.54, 1.807) is 12.3 Å². The summed E-state index contributed by atoms with van der Waals surface area (Å²) < 4.78 is 14.3. The Balaban J connectivity index is 2.00. The van der Waals surface area contributed by atoms with Gasteiger partial charge in [0, 0.05) is 12.6 Å². The summed E-state index contributed by atoms with van der Waals surface area (Å²) in [5, 5.41) is 0. The van der Waals surface area contributed by atoms with E-state index in [4.69, 9.17) is 5.73 Å². The molecule has 2 rings (SSSR count). The second-order valence-electron chi connectivity index (χ2n) is 4.05. The molecule has 1 unspecified atom stereocenters. The molecule has 2 nitrogen and oxygen atoms in total. The molecule has 1 aliphatic heterocycles. The normalized spacial score (nSPS) is 24.2. The Morgan fingerprint density at radius 3 is 2.75 bits per heavy atom. The summed E-state index contributed by atoms with van der Waals surface area (Å²) in [6.45, 7) is 0. The SMILES string of the molecule is NC1=NC=CCC1(F)CCc1ccccc1. The molecule has 0 amide bonds. The van der Waals surface area contributed by atoms with E-state index in [9.17, 15) is 4.39 Å². The average Bonchev–Trinajstić information content (AvgIpc) is 2.32. The van der Waals surface area contributed by atoms with Gasteiger partial charge in [0.1, 0.15) is 5.84 Å². The molecule has 1 aliphatic rings. The zero-order valence-corrected chi connectivity index (χ0v) is 9.07. The molecule has 1 aromatic carbocycles. The van der Waals surface area contributed by atoms with Crippen LogP contribution in [0.2, 0.25) is 0 Å². The number of hydrogen-bond donors (Lipinski definition) is 1. The van der Waals surface area contributed by atoms with Gasteiger partial charge in [-0.25, -0.2) is 9.38 Å². The monoisotopic (exact) mass is 218 g/mol. The van der Waals surface area contributed by atoms with E-state index < -0.39 is 5.67 Å². The summed E-state index contributed by atoms with van der Waals surface area (Å²) in [7, 11) is 0. The number of allylic oxidation sites excluding steroid dienone is 1. The van der Waals surface area contributed by atoms with Gasteiger partial charge in [0.25, 0.3) is 0 Å². The molecule has 0 saturated heterocycles. The maximum Gasteiger partial charge on any atom is 0.171 e. The third-order valence-corrected chi connectivity index (χ3v) is 2.87. The number of halogens is 1. The number of nitrogens with two attached hydrogens (primary N) is 1. The van der Waals surface area contributed by atoms with Crippen LogP contribution in [0, 0.1) is 0 Å². The number of nitrogens with zero attached hydrogens (tertiary/aromatic N) is 1. The summed E-state index contributed by atoms with van der Waals surface area (Å²) in [6, 6.07) is 9.86. The largest absolute Gasteiger partial charge is 0.384 e. The van der Waals surface area contributed by atoms with Crippen LogP contribution in [-0.4, -0.2) is 11.5 Å². The first-order chi connectivity index (χ1) is 7.71. The molecule has 1 aromatic rings. The van der Waals surface area contributed by atoms with E-state index in [-0.39, 0.29) is 5.84 Å². The van der Waals surface area contributed by atoms with Crippen molar-refractivity contribution in [1.29, 1.82) is 0 Å². The zero-order valence-electron chi connectivity index (χ0n) is 9.07. The average molecular weight is 218 g/mol. The second-order valence-corrected chi connectivity index (χ2v) is 4.05. The van der Waals surface area contributed by atoms with Gasteiger partial charge in [-0.3, -0.25) is 0 Å². The highest BCUT2D eigenvalue weighted by molar-refractivity contribution is 5.90. The van der Waals surface area contributed by atoms with Crippen LogP contribution in [0.5, 0.6) is 0 Å². The van der Waals surface area contributed by atoms with Crippen LogP contribution in [0.3, 0.4) is 0 Å². The minimum absolute atomic E-state index is 0.103. The number of benzene rings is 1. The quantitative estimate of drug-likeness (QED) is 0.832. The van der Waals surface area contributed by atoms with E-state index in [2.05, 4.69) is 4.99 Å². The predicted molar refractivity (Wildman–Crippen MR) is 64.0 cm³/mol. The number of alkyl halides is 1. The predicted octanol–water partition coefficient (Wildman–Crippen LogP) is 2.60. The lowest BCUT2D eigenvalue weighted by atomic mass is 9.91. The lowest BCUT2D eigenvalue weighted by Gasteiger charge is -2.25. The third-order valence-electron chi connectivity index (χ3n) is 2.87. The topological polar surface area (TPSA) is 38.4 Å². The van der Waals surface area contributed by atoms with Crippen molar-refractivity contribution >= 4 is 5.84 Å². The molecule has 0 saturated carbocycles. The van der Waals surface area contributed by atoms with Gasteiger partial charge in [0.15, 0.2) is 5.67 Å². The second kappa shape index (κ2) is 4.47. The molecule has 3 heteroatoms. The van der Waals surface area contributed by atoms with E-state index >= 15 is 0 Å². The fraction of sp³-hybridized carbons (Fsp3) is 0.308. The van der Waals surface area contributed by atoms with Crippen LogP contribution >= 0.6 is 0 Å². The van der Waals surface area contributed by atoms with Crippen molar-refractivity contribution in [3.63, 3.8) is 0 Å². The number of aryl methyl sites for hydroxylation is 1. The first kappa shape index (κ1) is 10.9.